The summed E-state index contributed by atoms with van der Waals surface area (Å²) < 4.78 is 0. The van der Waals surface area contributed by atoms with E-state index in [0.29, 0.717) is 12.0 Å². The summed E-state index contributed by atoms with van der Waals surface area (Å²) in [7, 11) is 1.89. The Kier molecular flexibility index (Phi) is 5.37. The van der Waals surface area contributed by atoms with E-state index in [1.54, 1.807) is 6.92 Å². The lowest BCUT2D eigenvalue weighted by molar-refractivity contribution is -0.135. The Bertz CT molecular complexity index is 460. The molecule has 0 aromatic heterocycles. The Morgan fingerprint density at radius 2 is 2.10 bits per heavy atom. The summed E-state index contributed by atoms with van der Waals surface area (Å²) >= 11 is 0. The molecule has 4 nitrogen and oxygen atoms in total. The quantitative estimate of drug-likeness (QED) is 0.918. The highest BCUT2D eigenvalue weighted by Crippen LogP contribution is 2.23. The molecular weight excluding hydrogens is 262 g/mol. The van der Waals surface area contributed by atoms with Crippen molar-refractivity contribution >= 4 is 5.91 Å². The molecule has 1 aromatic carbocycles. The molecule has 0 bridgehead atoms. The van der Waals surface area contributed by atoms with Crippen LogP contribution in [0, 0.1) is 5.92 Å². The van der Waals surface area contributed by atoms with Gasteiger partial charge in [0.1, 0.15) is 0 Å². The zero-order chi connectivity index (χ0) is 15.4. The molecule has 1 amide bonds. The predicted molar refractivity (Wildman–Crippen MR) is 85.7 cm³/mol. The van der Waals surface area contributed by atoms with Gasteiger partial charge in [0.25, 0.3) is 0 Å². The van der Waals surface area contributed by atoms with Gasteiger partial charge in [-0.15, -0.1) is 0 Å². The second-order valence-electron chi connectivity index (χ2n) is 6.29. The fourth-order valence-corrected chi connectivity index (χ4v) is 3.26. The smallest absolute Gasteiger partial charge is 0.239 e. The molecule has 1 aliphatic rings. The van der Waals surface area contributed by atoms with Crippen LogP contribution in [0.15, 0.2) is 30.3 Å². The molecule has 0 radical (unpaired) electrons. The van der Waals surface area contributed by atoms with Crippen LogP contribution in [0.25, 0.3) is 0 Å². The van der Waals surface area contributed by atoms with Crippen LogP contribution in [0.3, 0.4) is 0 Å². The van der Waals surface area contributed by atoms with Crippen LogP contribution < -0.4 is 5.73 Å². The topological polar surface area (TPSA) is 49.6 Å². The molecule has 0 spiro atoms. The number of likely N-dealkylation sites (N-methyl/N-ethyl adjacent to an activating group) is 1. The number of rotatable bonds is 4. The van der Waals surface area contributed by atoms with Crippen molar-refractivity contribution in [3.63, 3.8) is 0 Å². The highest BCUT2D eigenvalue weighted by molar-refractivity contribution is 5.81. The zero-order valence-corrected chi connectivity index (χ0v) is 13.3. The number of hydrogen-bond donors (Lipinski definition) is 1. The van der Waals surface area contributed by atoms with E-state index in [4.69, 9.17) is 5.73 Å². The summed E-state index contributed by atoms with van der Waals surface area (Å²) in [5.74, 6) is 0.513. The minimum Gasteiger partial charge on any atom is -0.341 e. The zero-order valence-electron chi connectivity index (χ0n) is 13.3. The monoisotopic (exact) mass is 289 g/mol. The van der Waals surface area contributed by atoms with Gasteiger partial charge < -0.3 is 10.6 Å². The molecule has 0 aliphatic carbocycles. The van der Waals surface area contributed by atoms with Crippen molar-refractivity contribution in [2.75, 3.05) is 20.1 Å². The van der Waals surface area contributed by atoms with Gasteiger partial charge in [0.05, 0.1) is 6.04 Å². The van der Waals surface area contributed by atoms with E-state index in [0.717, 1.165) is 26.1 Å². The number of carbonyl (C=O) groups is 1. The second kappa shape index (κ2) is 7.05. The lowest BCUT2D eigenvalue weighted by Gasteiger charge is -2.41. The molecule has 1 heterocycles. The van der Waals surface area contributed by atoms with Crippen LogP contribution in [0.4, 0.5) is 0 Å². The van der Waals surface area contributed by atoms with Crippen molar-refractivity contribution in [1.29, 1.82) is 0 Å². The molecule has 3 atom stereocenters. The minimum atomic E-state index is -0.412. The number of likely N-dealkylation sites (tertiary alicyclic amines) is 1. The number of hydrogen-bond acceptors (Lipinski definition) is 3. The van der Waals surface area contributed by atoms with Gasteiger partial charge >= 0.3 is 0 Å². The number of nitrogens with zero attached hydrogens (tertiary/aromatic N) is 2. The Balaban J connectivity index is 1.91. The molecule has 1 fully saturated rings. The predicted octanol–water partition coefficient (Wildman–Crippen LogP) is 1.70. The summed E-state index contributed by atoms with van der Waals surface area (Å²) in [6.45, 7) is 7.03. The lowest BCUT2D eigenvalue weighted by atomic mass is 9.92. The standard InChI is InChI=1S/C17H27N3O/c1-13-11-20(12-15-7-5-4-6-8-15)10-9-16(13)19(3)17(21)14(2)18/h4-8,13-14,16H,9-12,18H2,1-3H3/t13-,14-,16+/m0/s1. The van der Waals surface area contributed by atoms with Crippen LogP contribution in [0.5, 0.6) is 0 Å². The van der Waals surface area contributed by atoms with Gasteiger partial charge in [0.2, 0.25) is 5.91 Å². The van der Waals surface area contributed by atoms with Gasteiger partial charge in [-0.05, 0) is 24.8 Å². The normalized spacial score (nSPS) is 24.6. The lowest BCUT2D eigenvalue weighted by Crippen LogP contribution is -2.53. The maximum absolute atomic E-state index is 12.0. The Hall–Kier alpha value is -1.39. The highest BCUT2D eigenvalue weighted by atomic mass is 16.2. The molecule has 1 aliphatic heterocycles. The Morgan fingerprint density at radius 1 is 1.43 bits per heavy atom. The van der Waals surface area contributed by atoms with E-state index in [-0.39, 0.29) is 5.91 Å². The maximum Gasteiger partial charge on any atom is 0.239 e. The number of nitrogens with two attached hydrogens (primary N) is 1. The van der Waals surface area contributed by atoms with Crippen LogP contribution in [0.1, 0.15) is 25.8 Å². The van der Waals surface area contributed by atoms with E-state index in [2.05, 4.69) is 36.1 Å². The second-order valence-corrected chi connectivity index (χ2v) is 6.29. The van der Waals surface area contributed by atoms with E-state index in [9.17, 15) is 4.79 Å². The molecule has 0 saturated carbocycles. The molecular formula is C17H27N3O. The molecule has 1 aromatic rings. The van der Waals surface area contributed by atoms with Gasteiger partial charge in [-0.3, -0.25) is 9.69 Å². The van der Waals surface area contributed by atoms with Crippen molar-refractivity contribution in [3.05, 3.63) is 35.9 Å². The number of benzene rings is 1. The summed E-state index contributed by atoms with van der Waals surface area (Å²) in [4.78, 5) is 16.4. The molecule has 4 heteroatoms. The third kappa shape index (κ3) is 4.05. The molecule has 2 rings (SSSR count). The fraction of sp³-hybridized carbons (Fsp3) is 0.588. The van der Waals surface area contributed by atoms with Crippen molar-refractivity contribution < 1.29 is 4.79 Å². The van der Waals surface area contributed by atoms with Gasteiger partial charge in [0.15, 0.2) is 0 Å². The van der Waals surface area contributed by atoms with E-state index in [1.165, 1.54) is 5.56 Å². The maximum atomic E-state index is 12.0. The summed E-state index contributed by atoms with van der Waals surface area (Å²) in [5, 5.41) is 0. The first-order valence-electron chi connectivity index (χ1n) is 7.77. The summed E-state index contributed by atoms with van der Waals surface area (Å²) in [5.41, 5.74) is 7.07. The van der Waals surface area contributed by atoms with E-state index in [1.807, 2.05) is 18.0 Å². The first kappa shape index (κ1) is 16.0. The van der Waals surface area contributed by atoms with Crippen molar-refractivity contribution in [1.82, 2.24) is 9.80 Å². The SMILES string of the molecule is C[C@H](N)C(=O)N(C)[C@@H]1CCN(Cc2ccccc2)C[C@@H]1C. The number of piperidine rings is 1. The van der Waals surface area contributed by atoms with Crippen LogP contribution in [-0.4, -0.2) is 47.9 Å². The Labute approximate surface area is 127 Å². The summed E-state index contributed by atoms with van der Waals surface area (Å²) in [6, 6.07) is 10.4. The largest absolute Gasteiger partial charge is 0.341 e. The molecule has 0 unspecified atom stereocenters. The van der Waals surface area contributed by atoms with Gasteiger partial charge in [0, 0.05) is 32.7 Å². The van der Waals surface area contributed by atoms with Gasteiger partial charge in [-0.25, -0.2) is 0 Å². The average Bonchev–Trinajstić information content (AvgIpc) is 2.47. The van der Waals surface area contributed by atoms with Crippen LogP contribution in [-0.2, 0) is 11.3 Å². The molecule has 116 valence electrons. The van der Waals surface area contributed by atoms with Crippen LogP contribution in [0.2, 0.25) is 0 Å². The number of carbonyl (C=O) groups excluding carboxylic acids is 1. The Morgan fingerprint density at radius 3 is 2.67 bits per heavy atom. The van der Waals surface area contributed by atoms with Crippen molar-refractivity contribution in [2.45, 2.75) is 38.9 Å². The highest BCUT2D eigenvalue weighted by Gasteiger charge is 2.31. The van der Waals surface area contributed by atoms with Crippen molar-refractivity contribution in [2.24, 2.45) is 11.7 Å². The minimum absolute atomic E-state index is 0.0448. The van der Waals surface area contributed by atoms with Gasteiger partial charge in [-0.1, -0.05) is 37.3 Å². The number of amides is 1. The fourth-order valence-electron chi connectivity index (χ4n) is 3.26. The van der Waals surface area contributed by atoms with E-state index >= 15 is 0 Å². The molecule has 21 heavy (non-hydrogen) atoms. The third-order valence-corrected chi connectivity index (χ3v) is 4.43. The average molecular weight is 289 g/mol. The van der Waals surface area contributed by atoms with Gasteiger partial charge in [-0.2, -0.15) is 0 Å². The van der Waals surface area contributed by atoms with E-state index < -0.39 is 6.04 Å². The third-order valence-electron chi connectivity index (χ3n) is 4.43. The van der Waals surface area contributed by atoms with Crippen LogP contribution >= 0.6 is 0 Å². The first-order valence-corrected chi connectivity index (χ1v) is 7.77. The summed E-state index contributed by atoms with van der Waals surface area (Å²) in [6.07, 6.45) is 1.02. The molecule has 2 N–H and O–H groups in total. The van der Waals surface area contributed by atoms with Crippen molar-refractivity contribution in [3.8, 4) is 0 Å². The molecule has 1 saturated heterocycles. The first-order chi connectivity index (χ1) is 9.99.